The SMILES string of the molecule is C=CC(=O)Nc1cc(Br)cc2cc[nH]c12. The first-order valence-corrected chi connectivity index (χ1v) is 5.20. The molecule has 2 aromatic rings. The highest BCUT2D eigenvalue weighted by atomic mass is 79.9. The van der Waals surface area contributed by atoms with Crippen LogP contribution in [-0.4, -0.2) is 10.9 Å². The van der Waals surface area contributed by atoms with E-state index in [1.54, 1.807) is 0 Å². The second kappa shape index (κ2) is 3.90. The number of aromatic amines is 1. The molecule has 0 aliphatic rings. The maximum atomic E-state index is 11.2. The molecule has 0 unspecified atom stereocenters. The largest absolute Gasteiger partial charge is 0.359 e. The smallest absolute Gasteiger partial charge is 0.247 e. The van der Waals surface area contributed by atoms with Crippen LogP contribution in [0.5, 0.6) is 0 Å². The van der Waals surface area contributed by atoms with Crippen molar-refractivity contribution in [2.75, 3.05) is 5.32 Å². The standard InChI is InChI=1S/C11H9BrN2O/c1-2-10(15)14-9-6-8(12)5-7-3-4-13-11(7)9/h2-6,13H,1H2,(H,14,15). The molecule has 2 rings (SSSR count). The zero-order valence-corrected chi connectivity index (χ0v) is 9.47. The zero-order chi connectivity index (χ0) is 10.8. The van der Waals surface area contributed by atoms with Gasteiger partial charge in [0.15, 0.2) is 0 Å². The molecule has 1 heterocycles. The summed E-state index contributed by atoms with van der Waals surface area (Å²) in [7, 11) is 0. The maximum absolute atomic E-state index is 11.2. The Hall–Kier alpha value is -1.55. The summed E-state index contributed by atoms with van der Waals surface area (Å²) < 4.78 is 0.925. The van der Waals surface area contributed by atoms with E-state index in [1.807, 2.05) is 24.4 Å². The van der Waals surface area contributed by atoms with Gasteiger partial charge in [-0.3, -0.25) is 4.79 Å². The summed E-state index contributed by atoms with van der Waals surface area (Å²) in [6, 6.07) is 5.78. The molecule has 2 N–H and O–H groups in total. The van der Waals surface area contributed by atoms with Gasteiger partial charge in [-0.1, -0.05) is 22.5 Å². The molecule has 0 atom stereocenters. The third-order valence-corrected chi connectivity index (χ3v) is 2.53. The van der Waals surface area contributed by atoms with E-state index in [2.05, 4.69) is 32.8 Å². The number of carbonyl (C=O) groups is 1. The van der Waals surface area contributed by atoms with Crippen LogP contribution < -0.4 is 5.32 Å². The lowest BCUT2D eigenvalue weighted by atomic mass is 10.2. The van der Waals surface area contributed by atoms with E-state index >= 15 is 0 Å². The zero-order valence-electron chi connectivity index (χ0n) is 7.88. The first kappa shape index (κ1) is 9.98. The van der Waals surface area contributed by atoms with Gasteiger partial charge in [0, 0.05) is 16.1 Å². The molecule has 0 saturated heterocycles. The lowest BCUT2D eigenvalue weighted by molar-refractivity contribution is -0.111. The topological polar surface area (TPSA) is 44.9 Å². The second-order valence-electron chi connectivity index (χ2n) is 3.09. The first-order valence-electron chi connectivity index (χ1n) is 4.41. The number of carbonyl (C=O) groups excluding carboxylic acids is 1. The van der Waals surface area contributed by atoms with E-state index in [-0.39, 0.29) is 5.91 Å². The van der Waals surface area contributed by atoms with Gasteiger partial charge in [-0.2, -0.15) is 0 Å². The number of aromatic nitrogens is 1. The Labute approximate surface area is 95.3 Å². The lowest BCUT2D eigenvalue weighted by Gasteiger charge is -2.04. The van der Waals surface area contributed by atoms with Crippen LogP contribution in [0, 0.1) is 0 Å². The summed E-state index contributed by atoms with van der Waals surface area (Å²) in [5.41, 5.74) is 1.66. The Morgan fingerprint density at radius 2 is 2.33 bits per heavy atom. The number of anilines is 1. The average Bonchev–Trinajstić information content (AvgIpc) is 2.65. The van der Waals surface area contributed by atoms with Crippen molar-refractivity contribution in [2.24, 2.45) is 0 Å². The predicted octanol–water partition coefficient (Wildman–Crippen LogP) is 3.05. The van der Waals surface area contributed by atoms with Crippen LogP contribution in [0.2, 0.25) is 0 Å². The van der Waals surface area contributed by atoms with Gasteiger partial charge in [0.05, 0.1) is 11.2 Å². The third kappa shape index (κ3) is 1.94. The number of hydrogen-bond donors (Lipinski definition) is 2. The molecule has 0 spiro atoms. The van der Waals surface area contributed by atoms with Crippen molar-refractivity contribution in [1.82, 2.24) is 4.98 Å². The molecular weight excluding hydrogens is 256 g/mol. The van der Waals surface area contributed by atoms with Crippen molar-refractivity contribution in [2.45, 2.75) is 0 Å². The van der Waals surface area contributed by atoms with Crippen molar-refractivity contribution in [3.05, 3.63) is 41.5 Å². The second-order valence-corrected chi connectivity index (χ2v) is 4.00. The summed E-state index contributed by atoms with van der Waals surface area (Å²) >= 11 is 3.39. The Morgan fingerprint density at radius 3 is 3.07 bits per heavy atom. The highest BCUT2D eigenvalue weighted by Gasteiger charge is 2.05. The van der Waals surface area contributed by atoms with Crippen molar-refractivity contribution in [3.8, 4) is 0 Å². The fourth-order valence-electron chi connectivity index (χ4n) is 1.42. The minimum Gasteiger partial charge on any atom is -0.359 e. The molecule has 0 aliphatic carbocycles. The Balaban J connectivity index is 2.53. The summed E-state index contributed by atoms with van der Waals surface area (Å²) in [6.45, 7) is 3.41. The van der Waals surface area contributed by atoms with Crippen LogP contribution in [0.4, 0.5) is 5.69 Å². The minimum atomic E-state index is -0.219. The van der Waals surface area contributed by atoms with Crippen LogP contribution in [0.1, 0.15) is 0 Å². The number of fused-ring (bicyclic) bond motifs is 1. The summed E-state index contributed by atoms with van der Waals surface area (Å²) in [6.07, 6.45) is 3.08. The number of amides is 1. The van der Waals surface area contributed by atoms with Crippen molar-refractivity contribution in [1.29, 1.82) is 0 Å². The first-order chi connectivity index (χ1) is 7.20. The molecule has 15 heavy (non-hydrogen) atoms. The number of rotatable bonds is 2. The van der Waals surface area contributed by atoms with Crippen LogP contribution in [0.15, 0.2) is 41.5 Å². The number of halogens is 1. The molecule has 0 bridgehead atoms. The molecule has 4 heteroatoms. The van der Waals surface area contributed by atoms with Gasteiger partial charge in [-0.05, 0) is 24.3 Å². The normalized spacial score (nSPS) is 10.2. The molecule has 0 saturated carbocycles. The maximum Gasteiger partial charge on any atom is 0.247 e. The van der Waals surface area contributed by atoms with E-state index < -0.39 is 0 Å². The van der Waals surface area contributed by atoms with Crippen molar-refractivity contribution in [3.63, 3.8) is 0 Å². The quantitative estimate of drug-likeness (QED) is 0.805. The highest BCUT2D eigenvalue weighted by Crippen LogP contribution is 2.27. The third-order valence-electron chi connectivity index (χ3n) is 2.07. The molecule has 1 aromatic heterocycles. The fraction of sp³-hybridized carbons (Fsp3) is 0. The average molecular weight is 265 g/mol. The molecule has 3 nitrogen and oxygen atoms in total. The molecular formula is C11H9BrN2O. The molecule has 0 radical (unpaired) electrons. The molecule has 76 valence electrons. The molecule has 0 fully saturated rings. The summed E-state index contributed by atoms with van der Waals surface area (Å²) in [5.74, 6) is -0.219. The Kier molecular flexibility index (Phi) is 2.60. The summed E-state index contributed by atoms with van der Waals surface area (Å²) in [5, 5.41) is 3.79. The molecule has 0 aliphatic heterocycles. The highest BCUT2D eigenvalue weighted by molar-refractivity contribution is 9.10. The number of benzene rings is 1. The van der Waals surface area contributed by atoms with Crippen LogP contribution in [0.3, 0.4) is 0 Å². The van der Waals surface area contributed by atoms with Gasteiger partial charge in [0.25, 0.3) is 0 Å². The molecule has 1 aromatic carbocycles. The predicted molar refractivity (Wildman–Crippen MR) is 64.8 cm³/mol. The number of nitrogens with one attached hydrogen (secondary N) is 2. The van der Waals surface area contributed by atoms with Gasteiger partial charge in [-0.25, -0.2) is 0 Å². The van der Waals surface area contributed by atoms with Gasteiger partial charge in [-0.15, -0.1) is 0 Å². The Bertz CT molecular complexity index is 530. The van der Waals surface area contributed by atoms with Gasteiger partial charge in [0.2, 0.25) is 5.91 Å². The summed E-state index contributed by atoms with van der Waals surface area (Å²) in [4.78, 5) is 14.3. The van der Waals surface area contributed by atoms with E-state index in [1.165, 1.54) is 6.08 Å². The minimum absolute atomic E-state index is 0.219. The van der Waals surface area contributed by atoms with Crippen LogP contribution in [0.25, 0.3) is 10.9 Å². The number of hydrogen-bond acceptors (Lipinski definition) is 1. The lowest BCUT2D eigenvalue weighted by Crippen LogP contribution is -2.07. The van der Waals surface area contributed by atoms with E-state index in [0.717, 1.165) is 21.1 Å². The monoisotopic (exact) mass is 264 g/mol. The van der Waals surface area contributed by atoms with Gasteiger partial charge >= 0.3 is 0 Å². The van der Waals surface area contributed by atoms with Crippen LogP contribution in [-0.2, 0) is 4.79 Å². The van der Waals surface area contributed by atoms with E-state index in [0.29, 0.717) is 0 Å². The van der Waals surface area contributed by atoms with E-state index in [9.17, 15) is 4.79 Å². The van der Waals surface area contributed by atoms with Gasteiger partial charge in [0.1, 0.15) is 0 Å². The van der Waals surface area contributed by atoms with Crippen LogP contribution >= 0.6 is 15.9 Å². The van der Waals surface area contributed by atoms with Crippen molar-refractivity contribution >= 4 is 38.4 Å². The fourth-order valence-corrected chi connectivity index (χ4v) is 1.89. The van der Waals surface area contributed by atoms with E-state index in [4.69, 9.17) is 0 Å². The van der Waals surface area contributed by atoms with Crippen molar-refractivity contribution < 1.29 is 4.79 Å². The Morgan fingerprint density at radius 1 is 1.53 bits per heavy atom. The van der Waals surface area contributed by atoms with Gasteiger partial charge < -0.3 is 10.3 Å². The molecule has 1 amide bonds. The number of H-pyrrole nitrogens is 1.